The molecule has 2 unspecified atom stereocenters. The average Bonchev–Trinajstić information content (AvgIpc) is 2.39. The topological polar surface area (TPSA) is 66.4 Å². The minimum Gasteiger partial charge on any atom is -0.481 e. The van der Waals surface area contributed by atoms with E-state index in [4.69, 9.17) is 16.7 Å². The van der Waals surface area contributed by atoms with Gasteiger partial charge in [-0.1, -0.05) is 25.4 Å². The lowest BCUT2D eigenvalue weighted by Gasteiger charge is -2.22. The highest BCUT2D eigenvalue weighted by Gasteiger charge is 2.22. The zero-order chi connectivity index (χ0) is 16.0. The second kappa shape index (κ2) is 8.29. The number of rotatable bonds is 7. The minimum atomic E-state index is -0.910. The molecule has 1 aromatic carbocycles. The van der Waals surface area contributed by atoms with Crippen molar-refractivity contribution in [2.75, 3.05) is 0 Å². The van der Waals surface area contributed by atoms with Crippen LogP contribution in [0.4, 0.5) is 0 Å². The first kappa shape index (κ1) is 17.9. The number of hydrogen-bond donors (Lipinski definition) is 2. The van der Waals surface area contributed by atoms with Crippen LogP contribution in [0.5, 0.6) is 0 Å². The van der Waals surface area contributed by atoms with E-state index in [1.807, 2.05) is 26.0 Å². The van der Waals surface area contributed by atoms with E-state index in [0.29, 0.717) is 5.02 Å². The second-order valence-corrected chi connectivity index (χ2v) is 7.02. The molecule has 0 aliphatic rings. The maximum atomic E-state index is 12.2. The van der Waals surface area contributed by atoms with Gasteiger partial charge in [0, 0.05) is 16.0 Å². The van der Waals surface area contributed by atoms with Crippen LogP contribution >= 0.6 is 23.4 Å². The number of amides is 1. The highest BCUT2D eigenvalue weighted by atomic mass is 35.5. The molecule has 0 aliphatic carbocycles. The van der Waals surface area contributed by atoms with E-state index < -0.39 is 5.97 Å². The Morgan fingerprint density at radius 2 is 1.81 bits per heavy atom. The fourth-order valence-electron chi connectivity index (χ4n) is 1.71. The van der Waals surface area contributed by atoms with Crippen molar-refractivity contribution in [3.05, 3.63) is 29.3 Å². The number of nitrogens with one attached hydrogen (secondary N) is 1. The Hall–Kier alpha value is -1.20. The Morgan fingerprint density at radius 1 is 1.24 bits per heavy atom. The normalized spacial score (nSPS) is 13.8. The molecule has 4 nitrogen and oxygen atoms in total. The van der Waals surface area contributed by atoms with E-state index in [1.165, 1.54) is 11.8 Å². The van der Waals surface area contributed by atoms with Crippen LogP contribution in [0, 0.1) is 5.92 Å². The van der Waals surface area contributed by atoms with Crippen LogP contribution in [-0.4, -0.2) is 28.3 Å². The van der Waals surface area contributed by atoms with Gasteiger partial charge in [-0.05, 0) is 37.1 Å². The third-order valence-corrected chi connectivity index (χ3v) is 4.39. The summed E-state index contributed by atoms with van der Waals surface area (Å²) in [6.45, 7) is 5.59. The zero-order valence-corrected chi connectivity index (χ0v) is 13.9. The molecular weight excluding hydrogens is 310 g/mol. The lowest BCUT2D eigenvalue weighted by atomic mass is 10.0. The molecule has 2 atom stereocenters. The molecule has 116 valence electrons. The van der Waals surface area contributed by atoms with E-state index >= 15 is 0 Å². The van der Waals surface area contributed by atoms with Crippen LogP contribution in [0.3, 0.4) is 0 Å². The third-order valence-electron chi connectivity index (χ3n) is 3.02. The lowest BCUT2D eigenvalue weighted by Crippen LogP contribution is -2.43. The summed E-state index contributed by atoms with van der Waals surface area (Å²) in [6.07, 6.45) is -0.0677. The molecule has 2 N–H and O–H groups in total. The first-order valence-corrected chi connectivity index (χ1v) is 7.99. The highest BCUT2D eigenvalue weighted by Crippen LogP contribution is 2.25. The summed E-state index contributed by atoms with van der Waals surface area (Å²) in [5.41, 5.74) is 0. The maximum Gasteiger partial charge on any atom is 0.305 e. The van der Waals surface area contributed by atoms with Gasteiger partial charge in [-0.3, -0.25) is 9.59 Å². The molecule has 6 heteroatoms. The Balaban J connectivity index is 2.60. The molecule has 0 spiro atoms. The van der Waals surface area contributed by atoms with Gasteiger partial charge in [0.1, 0.15) is 0 Å². The van der Waals surface area contributed by atoms with Crippen LogP contribution in [0.15, 0.2) is 29.2 Å². The van der Waals surface area contributed by atoms with Crippen molar-refractivity contribution in [3.63, 3.8) is 0 Å². The summed E-state index contributed by atoms with van der Waals surface area (Å²) in [6, 6.07) is 6.90. The molecule has 21 heavy (non-hydrogen) atoms. The van der Waals surface area contributed by atoms with E-state index in [9.17, 15) is 9.59 Å². The molecule has 0 bridgehead atoms. The number of benzene rings is 1. The van der Waals surface area contributed by atoms with Crippen LogP contribution < -0.4 is 5.32 Å². The molecular formula is C15H20ClNO3S. The summed E-state index contributed by atoms with van der Waals surface area (Å²) < 4.78 is 0. The Morgan fingerprint density at radius 3 is 2.29 bits per heavy atom. The number of carboxylic acids is 1. The molecule has 1 amide bonds. The van der Waals surface area contributed by atoms with Gasteiger partial charge in [-0.25, -0.2) is 0 Å². The van der Waals surface area contributed by atoms with Gasteiger partial charge in [-0.15, -0.1) is 11.8 Å². The van der Waals surface area contributed by atoms with E-state index in [2.05, 4.69) is 5.32 Å². The fraction of sp³-hybridized carbons (Fsp3) is 0.467. The number of hydrogen-bond acceptors (Lipinski definition) is 3. The second-order valence-electron chi connectivity index (χ2n) is 5.17. The predicted octanol–water partition coefficient (Wildman–Crippen LogP) is 3.44. The third kappa shape index (κ3) is 6.40. The van der Waals surface area contributed by atoms with Crippen LogP contribution in [0.2, 0.25) is 5.02 Å². The fourth-order valence-corrected chi connectivity index (χ4v) is 2.71. The Labute approximate surface area is 134 Å². The van der Waals surface area contributed by atoms with Crippen LogP contribution in [0.25, 0.3) is 0 Å². The van der Waals surface area contributed by atoms with Crippen molar-refractivity contribution in [2.45, 2.75) is 43.4 Å². The number of carbonyl (C=O) groups excluding carboxylic acids is 1. The van der Waals surface area contributed by atoms with Gasteiger partial charge in [0.25, 0.3) is 0 Å². The monoisotopic (exact) mass is 329 g/mol. The smallest absolute Gasteiger partial charge is 0.305 e. The summed E-state index contributed by atoms with van der Waals surface area (Å²) in [4.78, 5) is 23.9. The zero-order valence-electron chi connectivity index (χ0n) is 12.3. The molecule has 0 heterocycles. The lowest BCUT2D eigenvalue weighted by molar-refractivity contribution is -0.138. The van der Waals surface area contributed by atoms with E-state index in [0.717, 1.165) is 4.90 Å². The van der Waals surface area contributed by atoms with E-state index in [-0.39, 0.29) is 29.5 Å². The molecule has 0 fully saturated rings. The van der Waals surface area contributed by atoms with Gasteiger partial charge in [-0.2, -0.15) is 0 Å². The van der Waals surface area contributed by atoms with Crippen LogP contribution in [0.1, 0.15) is 27.2 Å². The largest absolute Gasteiger partial charge is 0.481 e. The molecule has 0 aromatic heterocycles. The van der Waals surface area contributed by atoms with Crippen molar-refractivity contribution in [3.8, 4) is 0 Å². The standard InChI is InChI=1S/C15H20ClNO3S/c1-9(2)13(8-14(18)19)17-15(20)10(3)21-12-6-4-11(16)5-7-12/h4-7,9-10,13H,8H2,1-3H3,(H,17,20)(H,18,19). The van der Waals surface area contributed by atoms with Crippen molar-refractivity contribution in [1.29, 1.82) is 0 Å². The van der Waals surface area contributed by atoms with Gasteiger partial charge in [0.15, 0.2) is 0 Å². The Bertz CT molecular complexity index is 490. The number of carboxylic acid groups (broad SMARTS) is 1. The average molecular weight is 330 g/mol. The van der Waals surface area contributed by atoms with Gasteiger partial charge >= 0.3 is 5.97 Å². The SMILES string of the molecule is CC(Sc1ccc(Cl)cc1)C(=O)NC(CC(=O)O)C(C)C. The summed E-state index contributed by atoms with van der Waals surface area (Å²) in [5.74, 6) is -1.00. The van der Waals surface area contributed by atoms with Gasteiger partial charge in [0.05, 0.1) is 11.7 Å². The summed E-state index contributed by atoms with van der Waals surface area (Å²) in [5, 5.41) is 12.0. The number of halogens is 1. The number of aliphatic carboxylic acids is 1. The molecule has 0 saturated carbocycles. The quantitative estimate of drug-likeness (QED) is 0.752. The predicted molar refractivity (Wildman–Crippen MR) is 85.8 cm³/mol. The molecule has 0 saturated heterocycles. The summed E-state index contributed by atoms with van der Waals surface area (Å²) >= 11 is 7.23. The van der Waals surface area contributed by atoms with Crippen LogP contribution in [-0.2, 0) is 9.59 Å². The molecule has 0 radical (unpaired) electrons. The number of carbonyl (C=O) groups is 2. The summed E-state index contributed by atoms with van der Waals surface area (Å²) in [7, 11) is 0. The van der Waals surface area contributed by atoms with Gasteiger partial charge in [0.2, 0.25) is 5.91 Å². The first-order valence-electron chi connectivity index (χ1n) is 6.74. The Kier molecular flexibility index (Phi) is 7.05. The van der Waals surface area contributed by atoms with Crippen molar-refractivity contribution in [1.82, 2.24) is 5.32 Å². The number of thioether (sulfide) groups is 1. The van der Waals surface area contributed by atoms with Crippen molar-refractivity contribution in [2.24, 2.45) is 5.92 Å². The van der Waals surface area contributed by atoms with E-state index in [1.54, 1.807) is 19.1 Å². The van der Waals surface area contributed by atoms with Crippen molar-refractivity contribution >= 4 is 35.2 Å². The van der Waals surface area contributed by atoms with Crippen molar-refractivity contribution < 1.29 is 14.7 Å². The van der Waals surface area contributed by atoms with Gasteiger partial charge < -0.3 is 10.4 Å². The molecule has 1 rings (SSSR count). The molecule has 0 aliphatic heterocycles. The minimum absolute atomic E-state index is 0.0674. The maximum absolute atomic E-state index is 12.2. The molecule has 1 aromatic rings. The highest BCUT2D eigenvalue weighted by molar-refractivity contribution is 8.00. The first-order chi connectivity index (χ1) is 9.79.